The summed E-state index contributed by atoms with van der Waals surface area (Å²) >= 11 is 0. The lowest BCUT2D eigenvalue weighted by molar-refractivity contribution is -0.144. The van der Waals surface area contributed by atoms with Crippen molar-refractivity contribution in [3.05, 3.63) is 40.2 Å². The van der Waals surface area contributed by atoms with E-state index in [0.29, 0.717) is 11.3 Å². The molecule has 6 nitrogen and oxygen atoms in total. The van der Waals surface area contributed by atoms with Crippen molar-refractivity contribution in [2.75, 3.05) is 11.9 Å². The van der Waals surface area contributed by atoms with Gasteiger partial charge in [0.1, 0.15) is 5.58 Å². The van der Waals surface area contributed by atoms with E-state index in [1.54, 1.807) is 25.1 Å². The summed E-state index contributed by atoms with van der Waals surface area (Å²) in [5.74, 6) is -0.991. The molecule has 1 N–H and O–H groups in total. The monoisotopic (exact) mass is 275 g/mol. The molecule has 0 aliphatic rings. The van der Waals surface area contributed by atoms with E-state index >= 15 is 0 Å². The molecule has 1 heterocycles. The molecule has 0 aliphatic heterocycles. The zero-order valence-corrected chi connectivity index (χ0v) is 11.1. The van der Waals surface area contributed by atoms with Crippen LogP contribution in [0.1, 0.15) is 12.5 Å². The van der Waals surface area contributed by atoms with Gasteiger partial charge in [0.2, 0.25) is 0 Å². The number of amides is 1. The molecule has 0 bridgehead atoms. The van der Waals surface area contributed by atoms with Crippen LogP contribution in [0.2, 0.25) is 0 Å². The van der Waals surface area contributed by atoms with Gasteiger partial charge in [0.05, 0.1) is 0 Å². The number of hydrogen-bond acceptors (Lipinski definition) is 5. The van der Waals surface area contributed by atoms with Crippen LogP contribution in [0.3, 0.4) is 0 Å². The molecule has 1 amide bonds. The third kappa shape index (κ3) is 3.23. The molecule has 0 atom stereocenters. The molecule has 0 aliphatic carbocycles. The fourth-order valence-electron chi connectivity index (χ4n) is 1.77. The van der Waals surface area contributed by atoms with Crippen LogP contribution in [0.4, 0.5) is 5.69 Å². The normalized spacial score (nSPS) is 10.3. The minimum atomic E-state index is -0.528. The van der Waals surface area contributed by atoms with Gasteiger partial charge in [0.15, 0.2) is 6.61 Å². The van der Waals surface area contributed by atoms with E-state index in [-0.39, 0.29) is 6.61 Å². The third-order valence-electron chi connectivity index (χ3n) is 2.64. The fourth-order valence-corrected chi connectivity index (χ4v) is 1.77. The van der Waals surface area contributed by atoms with Crippen LogP contribution < -0.4 is 10.9 Å². The Morgan fingerprint density at radius 2 is 2.05 bits per heavy atom. The molecule has 0 spiro atoms. The van der Waals surface area contributed by atoms with Crippen molar-refractivity contribution in [2.24, 2.45) is 0 Å². The van der Waals surface area contributed by atoms with Crippen LogP contribution in [0.15, 0.2) is 33.5 Å². The Balaban J connectivity index is 2.22. The first kappa shape index (κ1) is 13.8. The molecule has 20 heavy (non-hydrogen) atoms. The van der Waals surface area contributed by atoms with Crippen LogP contribution >= 0.6 is 0 Å². The van der Waals surface area contributed by atoms with E-state index in [2.05, 4.69) is 10.1 Å². The van der Waals surface area contributed by atoms with Crippen molar-refractivity contribution in [1.29, 1.82) is 0 Å². The van der Waals surface area contributed by atoms with Crippen LogP contribution in [0, 0.1) is 6.92 Å². The van der Waals surface area contributed by atoms with E-state index in [0.717, 1.165) is 10.9 Å². The van der Waals surface area contributed by atoms with Crippen molar-refractivity contribution < 1.29 is 18.7 Å². The Kier molecular flexibility index (Phi) is 3.84. The highest BCUT2D eigenvalue weighted by Crippen LogP contribution is 2.20. The van der Waals surface area contributed by atoms with Gasteiger partial charge in [-0.2, -0.15) is 0 Å². The van der Waals surface area contributed by atoms with Gasteiger partial charge in [0, 0.05) is 30.1 Å². The van der Waals surface area contributed by atoms with E-state index < -0.39 is 17.5 Å². The van der Waals surface area contributed by atoms with Crippen molar-refractivity contribution in [3.8, 4) is 0 Å². The molecule has 1 aromatic heterocycles. The van der Waals surface area contributed by atoms with Crippen molar-refractivity contribution in [2.45, 2.75) is 13.8 Å². The highest BCUT2D eigenvalue weighted by molar-refractivity contribution is 5.95. The number of esters is 1. The number of ether oxygens (including phenoxy) is 1. The van der Waals surface area contributed by atoms with Gasteiger partial charge in [-0.15, -0.1) is 0 Å². The minimum absolute atomic E-state index is 0.356. The maximum atomic E-state index is 11.5. The first-order valence-electron chi connectivity index (χ1n) is 5.93. The largest absolute Gasteiger partial charge is 0.456 e. The molecule has 1 aromatic carbocycles. The lowest BCUT2D eigenvalue weighted by Crippen LogP contribution is -2.19. The van der Waals surface area contributed by atoms with Crippen molar-refractivity contribution in [1.82, 2.24) is 0 Å². The Morgan fingerprint density at radius 1 is 1.30 bits per heavy atom. The van der Waals surface area contributed by atoms with Gasteiger partial charge in [0.25, 0.3) is 5.91 Å². The summed E-state index contributed by atoms with van der Waals surface area (Å²) in [6.45, 7) is 2.67. The van der Waals surface area contributed by atoms with Crippen LogP contribution in [-0.4, -0.2) is 18.5 Å². The molecule has 2 rings (SSSR count). The number of aryl methyl sites for hydroxylation is 1. The maximum absolute atomic E-state index is 11.5. The molecular formula is C14H13NO5. The van der Waals surface area contributed by atoms with Gasteiger partial charge >= 0.3 is 11.6 Å². The Hall–Kier alpha value is -2.63. The van der Waals surface area contributed by atoms with Gasteiger partial charge in [-0.1, -0.05) is 0 Å². The summed E-state index contributed by atoms with van der Waals surface area (Å²) < 4.78 is 9.65. The second-order valence-electron chi connectivity index (χ2n) is 4.29. The molecule has 6 heteroatoms. The zero-order chi connectivity index (χ0) is 14.7. The lowest BCUT2D eigenvalue weighted by Gasteiger charge is -2.07. The number of nitrogens with one attached hydrogen (secondary N) is 1. The van der Waals surface area contributed by atoms with Gasteiger partial charge in [-0.25, -0.2) is 4.79 Å². The summed E-state index contributed by atoms with van der Waals surface area (Å²) in [4.78, 5) is 33.4. The lowest BCUT2D eigenvalue weighted by atomic mass is 10.1. The molecule has 104 valence electrons. The minimum Gasteiger partial charge on any atom is -0.456 e. The maximum Gasteiger partial charge on any atom is 0.336 e. The number of carbonyl (C=O) groups excluding carboxylic acids is 2. The predicted molar refractivity (Wildman–Crippen MR) is 72.5 cm³/mol. The molecule has 0 saturated carbocycles. The average Bonchev–Trinajstić information content (AvgIpc) is 2.35. The number of hydrogen-bond donors (Lipinski definition) is 1. The van der Waals surface area contributed by atoms with Crippen molar-refractivity contribution in [3.63, 3.8) is 0 Å². The van der Waals surface area contributed by atoms with E-state index in [4.69, 9.17) is 4.42 Å². The summed E-state index contributed by atoms with van der Waals surface area (Å²) in [6.07, 6.45) is 0. The quantitative estimate of drug-likeness (QED) is 0.679. The van der Waals surface area contributed by atoms with E-state index in [1.807, 2.05) is 0 Å². The summed E-state index contributed by atoms with van der Waals surface area (Å²) in [6, 6.07) is 6.38. The van der Waals surface area contributed by atoms with E-state index in [1.165, 1.54) is 13.0 Å². The number of benzene rings is 1. The Bertz CT molecular complexity index is 732. The fraction of sp³-hybridized carbons (Fsp3) is 0.214. The standard InChI is InChI=1S/C14H13NO5/c1-8-5-14(18)20-12-6-10(3-4-11(8)12)15-13(17)7-19-9(2)16/h3-6H,7H2,1-2H3,(H,15,17). The number of fused-ring (bicyclic) bond motifs is 1. The Labute approximate surface area is 114 Å². The van der Waals surface area contributed by atoms with Gasteiger partial charge in [-0.05, 0) is 24.6 Å². The molecule has 0 radical (unpaired) electrons. The first-order chi connectivity index (χ1) is 9.45. The average molecular weight is 275 g/mol. The first-order valence-corrected chi connectivity index (χ1v) is 5.93. The second kappa shape index (κ2) is 5.56. The number of carbonyl (C=O) groups is 2. The van der Waals surface area contributed by atoms with Crippen LogP contribution in [0.25, 0.3) is 11.0 Å². The van der Waals surface area contributed by atoms with Gasteiger partial charge < -0.3 is 14.5 Å². The molecule has 0 unspecified atom stereocenters. The summed E-state index contributed by atoms with van der Waals surface area (Å²) in [5, 5.41) is 3.34. The van der Waals surface area contributed by atoms with Crippen LogP contribution in [0.5, 0.6) is 0 Å². The zero-order valence-electron chi connectivity index (χ0n) is 11.1. The topological polar surface area (TPSA) is 85.6 Å². The Morgan fingerprint density at radius 3 is 2.75 bits per heavy atom. The van der Waals surface area contributed by atoms with Crippen LogP contribution in [-0.2, 0) is 14.3 Å². The second-order valence-corrected chi connectivity index (χ2v) is 4.29. The van der Waals surface area contributed by atoms with E-state index in [9.17, 15) is 14.4 Å². The summed E-state index contributed by atoms with van der Waals surface area (Å²) in [5.41, 5.74) is 1.20. The third-order valence-corrected chi connectivity index (χ3v) is 2.64. The number of anilines is 1. The summed E-state index contributed by atoms with van der Waals surface area (Å²) in [7, 11) is 0. The molecule has 0 fully saturated rings. The smallest absolute Gasteiger partial charge is 0.336 e. The molecule has 2 aromatic rings. The highest BCUT2D eigenvalue weighted by atomic mass is 16.5. The highest BCUT2D eigenvalue weighted by Gasteiger charge is 2.07. The van der Waals surface area contributed by atoms with Crippen molar-refractivity contribution >= 4 is 28.5 Å². The van der Waals surface area contributed by atoms with Gasteiger partial charge in [-0.3, -0.25) is 9.59 Å². The molecule has 0 saturated heterocycles. The SMILES string of the molecule is CC(=O)OCC(=O)Nc1ccc2c(C)cc(=O)oc2c1. The predicted octanol–water partition coefficient (Wildman–Crippen LogP) is 1.60. The number of rotatable bonds is 3. The molecular weight excluding hydrogens is 262 g/mol.